The molecule has 1 amide bonds. The number of amides is 1. The third-order valence-corrected chi connectivity index (χ3v) is 3.61. The third-order valence-electron chi connectivity index (χ3n) is 3.61. The molecular weight excluding hydrogens is 323 g/mol. The molecule has 0 saturated heterocycles. The molecule has 126 valence electrons. The summed E-state index contributed by atoms with van der Waals surface area (Å²) in [4.78, 5) is 24.2. The maximum atomic E-state index is 12.5. The standard InChI is InChI=1S/C15H14F3N5O/c1-22-6-9(12-10-3-4-19-13(10)21-8-20-12)5-11(22)14(24)23(2)7-15(16,17)18/h3-6,8H,7H2,1-2H3,(H,19,20,21). The van der Waals surface area contributed by atoms with Crippen molar-refractivity contribution in [2.45, 2.75) is 6.18 Å². The highest BCUT2D eigenvalue weighted by molar-refractivity contribution is 5.96. The number of carbonyl (C=O) groups excluding carboxylic acids is 1. The summed E-state index contributed by atoms with van der Waals surface area (Å²) in [7, 11) is 2.73. The van der Waals surface area contributed by atoms with Crippen LogP contribution in [0.3, 0.4) is 0 Å². The van der Waals surface area contributed by atoms with E-state index < -0.39 is 18.6 Å². The average Bonchev–Trinajstić information content (AvgIpc) is 3.10. The quantitative estimate of drug-likeness (QED) is 0.799. The minimum Gasteiger partial charge on any atom is -0.346 e. The normalized spacial score (nSPS) is 11.9. The van der Waals surface area contributed by atoms with E-state index in [1.54, 1.807) is 25.5 Å². The van der Waals surface area contributed by atoms with Crippen LogP contribution >= 0.6 is 0 Å². The van der Waals surface area contributed by atoms with Crippen LogP contribution in [0.2, 0.25) is 0 Å². The number of nitrogens with zero attached hydrogens (tertiary/aromatic N) is 4. The summed E-state index contributed by atoms with van der Waals surface area (Å²) < 4.78 is 38.9. The smallest absolute Gasteiger partial charge is 0.346 e. The fraction of sp³-hybridized carbons (Fsp3) is 0.267. The van der Waals surface area contributed by atoms with Gasteiger partial charge in [0.25, 0.3) is 5.91 Å². The van der Waals surface area contributed by atoms with Crippen LogP contribution < -0.4 is 0 Å². The Bertz CT molecular complexity index is 896. The van der Waals surface area contributed by atoms with Crippen LogP contribution in [-0.2, 0) is 7.05 Å². The first-order valence-corrected chi connectivity index (χ1v) is 7.03. The van der Waals surface area contributed by atoms with Gasteiger partial charge in [-0.15, -0.1) is 0 Å². The third kappa shape index (κ3) is 2.97. The number of aromatic amines is 1. The molecule has 6 nitrogen and oxygen atoms in total. The zero-order valence-electron chi connectivity index (χ0n) is 12.9. The predicted octanol–water partition coefficient (Wildman–Crippen LogP) is 2.60. The highest BCUT2D eigenvalue weighted by Gasteiger charge is 2.32. The van der Waals surface area contributed by atoms with Crippen LogP contribution in [-0.4, -0.2) is 50.1 Å². The van der Waals surface area contributed by atoms with Gasteiger partial charge >= 0.3 is 6.18 Å². The number of carbonyl (C=O) groups is 1. The molecule has 0 unspecified atom stereocenters. The fourth-order valence-electron chi connectivity index (χ4n) is 2.55. The van der Waals surface area contributed by atoms with E-state index in [0.717, 1.165) is 12.4 Å². The molecule has 3 heterocycles. The molecule has 0 aliphatic heterocycles. The molecule has 9 heteroatoms. The molecule has 0 aliphatic carbocycles. The van der Waals surface area contributed by atoms with Crippen LogP contribution in [0.15, 0.2) is 30.9 Å². The molecule has 3 aromatic heterocycles. The SMILES string of the molecule is CN(CC(F)(F)F)C(=O)c1cc(-c2ncnc3[nH]ccc23)cn1C. The van der Waals surface area contributed by atoms with Gasteiger partial charge in [-0.2, -0.15) is 13.2 Å². The number of hydrogen-bond acceptors (Lipinski definition) is 3. The van der Waals surface area contributed by atoms with Gasteiger partial charge in [-0.25, -0.2) is 9.97 Å². The first-order valence-electron chi connectivity index (χ1n) is 7.03. The number of alkyl halides is 3. The van der Waals surface area contributed by atoms with Gasteiger partial charge in [-0.3, -0.25) is 4.79 Å². The van der Waals surface area contributed by atoms with E-state index in [4.69, 9.17) is 0 Å². The Morgan fingerprint density at radius 2 is 2.12 bits per heavy atom. The van der Waals surface area contributed by atoms with E-state index in [2.05, 4.69) is 15.0 Å². The second-order valence-corrected chi connectivity index (χ2v) is 5.46. The van der Waals surface area contributed by atoms with E-state index in [0.29, 0.717) is 21.8 Å². The van der Waals surface area contributed by atoms with E-state index in [9.17, 15) is 18.0 Å². The second-order valence-electron chi connectivity index (χ2n) is 5.46. The Morgan fingerprint density at radius 1 is 1.38 bits per heavy atom. The van der Waals surface area contributed by atoms with Crippen molar-refractivity contribution in [3.05, 3.63) is 36.5 Å². The van der Waals surface area contributed by atoms with E-state index in [1.807, 2.05) is 0 Å². The molecule has 0 bridgehead atoms. The van der Waals surface area contributed by atoms with Crippen LogP contribution in [0.4, 0.5) is 13.2 Å². The highest BCUT2D eigenvalue weighted by atomic mass is 19.4. The zero-order chi connectivity index (χ0) is 17.5. The lowest BCUT2D eigenvalue weighted by Crippen LogP contribution is -2.36. The molecule has 0 fully saturated rings. The van der Waals surface area contributed by atoms with Crippen LogP contribution in [0.5, 0.6) is 0 Å². The summed E-state index contributed by atoms with van der Waals surface area (Å²) in [6.07, 6.45) is 0.319. The Hall–Kier alpha value is -2.84. The number of hydrogen-bond donors (Lipinski definition) is 1. The minimum atomic E-state index is -4.44. The van der Waals surface area contributed by atoms with Crippen molar-refractivity contribution in [2.24, 2.45) is 7.05 Å². The van der Waals surface area contributed by atoms with Gasteiger partial charge < -0.3 is 14.5 Å². The highest BCUT2D eigenvalue weighted by Crippen LogP contribution is 2.27. The van der Waals surface area contributed by atoms with Crippen molar-refractivity contribution in [1.29, 1.82) is 0 Å². The van der Waals surface area contributed by atoms with Crippen molar-refractivity contribution < 1.29 is 18.0 Å². The summed E-state index contributed by atoms with van der Waals surface area (Å²) in [6, 6.07) is 3.33. The van der Waals surface area contributed by atoms with E-state index in [-0.39, 0.29) is 5.69 Å². The van der Waals surface area contributed by atoms with Gasteiger partial charge in [0.2, 0.25) is 0 Å². The second kappa shape index (κ2) is 5.66. The number of H-pyrrole nitrogens is 1. The molecular formula is C15H14F3N5O. The molecule has 0 saturated carbocycles. The molecule has 0 aliphatic rings. The van der Waals surface area contributed by atoms with Crippen molar-refractivity contribution >= 4 is 16.9 Å². The first-order chi connectivity index (χ1) is 11.3. The van der Waals surface area contributed by atoms with Crippen LogP contribution in [0.25, 0.3) is 22.3 Å². The lowest BCUT2D eigenvalue weighted by atomic mass is 10.1. The Kier molecular flexibility index (Phi) is 3.78. The van der Waals surface area contributed by atoms with E-state index >= 15 is 0 Å². The molecule has 3 aromatic rings. The maximum absolute atomic E-state index is 12.5. The van der Waals surface area contributed by atoms with Gasteiger partial charge in [0.05, 0.1) is 5.69 Å². The topological polar surface area (TPSA) is 66.8 Å². The Balaban J connectivity index is 1.96. The maximum Gasteiger partial charge on any atom is 0.406 e. The number of nitrogens with one attached hydrogen (secondary N) is 1. The van der Waals surface area contributed by atoms with Gasteiger partial charge in [-0.1, -0.05) is 0 Å². The fourth-order valence-corrected chi connectivity index (χ4v) is 2.55. The molecule has 0 atom stereocenters. The zero-order valence-corrected chi connectivity index (χ0v) is 12.9. The lowest BCUT2D eigenvalue weighted by Gasteiger charge is -2.19. The number of aryl methyl sites for hydroxylation is 1. The average molecular weight is 337 g/mol. The molecule has 24 heavy (non-hydrogen) atoms. The lowest BCUT2D eigenvalue weighted by molar-refractivity contribution is -0.138. The van der Waals surface area contributed by atoms with Gasteiger partial charge in [0.15, 0.2) is 0 Å². The first kappa shape index (κ1) is 16.0. The minimum absolute atomic E-state index is 0.152. The van der Waals surface area contributed by atoms with Crippen LogP contribution in [0, 0.1) is 0 Å². The number of fused-ring (bicyclic) bond motifs is 1. The van der Waals surface area contributed by atoms with Gasteiger partial charge in [0.1, 0.15) is 24.2 Å². The molecule has 0 spiro atoms. The monoisotopic (exact) mass is 337 g/mol. The van der Waals surface area contributed by atoms with Crippen molar-refractivity contribution in [1.82, 2.24) is 24.4 Å². The van der Waals surface area contributed by atoms with Crippen molar-refractivity contribution in [3.8, 4) is 11.3 Å². The van der Waals surface area contributed by atoms with Crippen molar-refractivity contribution in [3.63, 3.8) is 0 Å². The predicted molar refractivity (Wildman–Crippen MR) is 81.3 cm³/mol. The Labute approximate surface area is 134 Å². The molecule has 3 rings (SSSR count). The largest absolute Gasteiger partial charge is 0.406 e. The summed E-state index contributed by atoms with van der Waals surface area (Å²) in [5.74, 6) is -0.708. The molecule has 1 N–H and O–H groups in total. The van der Waals surface area contributed by atoms with Crippen molar-refractivity contribution in [2.75, 3.05) is 13.6 Å². The van der Waals surface area contributed by atoms with Gasteiger partial charge in [0, 0.05) is 37.4 Å². The summed E-state index contributed by atoms with van der Waals surface area (Å²) in [5.41, 5.74) is 2.03. The number of aromatic nitrogens is 4. The number of halogens is 3. The van der Waals surface area contributed by atoms with Gasteiger partial charge in [-0.05, 0) is 12.1 Å². The number of rotatable bonds is 3. The Morgan fingerprint density at radius 3 is 2.83 bits per heavy atom. The van der Waals surface area contributed by atoms with E-state index in [1.165, 1.54) is 17.0 Å². The summed E-state index contributed by atoms with van der Waals surface area (Å²) >= 11 is 0. The van der Waals surface area contributed by atoms with Crippen LogP contribution in [0.1, 0.15) is 10.5 Å². The molecule has 0 aromatic carbocycles. The summed E-state index contributed by atoms with van der Waals surface area (Å²) in [5, 5.41) is 0.769. The molecule has 0 radical (unpaired) electrons. The summed E-state index contributed by atoms with van der Waals surface area (Å²) in [6.45, 7) is -1.30.